The molecule has 19 heavy (non-hydrogen) atoms. The lowest BCUT2D eigenvalue weighted by atomic mass is 10.00. The van der Waals surface area contributed by atoms with E-state index < -0.39 is 10.2 Å². The molecule has 0 aliphatic carbocycles. The highest BCUT2D eigenvalue weighted by atomic mass is 32.2. The van der Waals surface area contributed by atoms with E-state index in [1.807, 2.05) is 5.38 Å². The quantitative estimate of drug-likeness (QED) is 0.788. The Kier molecular flexibility index (Phi) is 5.28. The fraction of sp³-hybridized carbons (Fsp3) is 0.727. The molecule has 108 valence electrons. The number of nitrogens with one attached hydrogen (secondary N) is 1. The SMILES string of the molecule is O=S(=O)(NCCc1nccs1)N1CCC(CO)CC1. The molecule has 2 rings (SSSR count). The molecule has 0 spiro atoms. The van der Waals surface area contributed by atoms with Crippen LogP contribution in [0.2, 0.25) is 0 Å². The van der Waals surface area contributed by atoms with Crippen molar-refractivity contribution in [2.45, 2.75) is 19.3 Å². The Balaban J connectivity index is 1.78. The second kappa shape index (κ2) is 6.76. The summed E-state index contributed by atoms with van der Waals surface area (Å²) in [5.74, 6) is 0.238. The van der Waals surface area contributed by atoms with Gasteiger partial charge in [0.15, 0.2) is 0 Å². The van der Waals surface area contributed by atoms with E-state index in [1.165, 1.54) is 15.6 Å². The zero-order valence-corrected chi connectivity index (χ0v) is 12.3. The van der Waals surface area contributed by atoms with Gasteiger partial charge in [-0.15, -0.1) is 11.3 Å². The Labute approximate surface area is 117 Å². The molecule has 1 saturated heterocycles. The highest BCUT2D eigenvalue weighted by Gasteiger charge is 2.27. The Hall–Kier alpha value is -0.540. The third-order valence-corrected chi connectivity index (χ3v) is 5.73. The molecule has 0 unspecified atom stereocenters. The number of aromatic nitrogens is 1. The second-order valence-electron chi connectivity index (χ2n) is 4.60. The largest absolute Gasteiger partial charge is 0.396 e. The first-order valence-corrected chi connectivity index (χ1v) is 8.68. The Bertz CT molecular complexity index is 467. The van der Waals surface area contributed by atoms with Gasteiger partial charge < -0.3 is 5.11 Å². The Morgan fingerprint density at radius 1 is 1.47 bits per heavy atom. The molecule has 0 amide bonds. The van der Waals surface area contributed by atoms with E-state index in [9.17, 15) is 8.42 Å². The van der Waals surface area contributed by atoms with Crippen LogP contribution >= 0.6 is 11.3 Å². The zero-order chi connectivity index (χ0) is 13.7. The number of piperidine rings is 1. The number of aliphatic hydroxyl groups excluding tert-OH is 1. The standard InChI is InChI=1S/C11H19N3O3S2/c15-9-10-2-6-14(7-3-10)19(16,17)13-4-1-11-12-5-8-18-11/h5,8,10,13,15H,1-4,6-7,9H2. The summed E-state index contributed by atoms with van der Waals surface area (Å²) in [4.78, 5) is 4.11. The maximum atomic E-state index is 12.0. The lowest BCUT2D eigenvalue weighted by molar-refractivity contribution is 0.169. The average Bonchev–Trinajstić information content (AvgIpc) is 2.92. The van der Waals surface area contributed by atoms with Crippen LogP contribution in [0.1, 0.15) is 17.8 Å². The van der Waals surface area contributed by atoms with Crippen LogP contribution in [0.15, 0.2) is 11.6 Å². The van der Waals surface area contributed by atoms with Gasteiger partial charge in [0.2, 0.25) is 0 Å². The molecule has 0 saturated carbocycles. The molecule has 2 heterocycles. The number of hydrogen-bond acceptors (Lipinski definition) is 5. The first-order chi connectivity index (χ1) is 9.12. The van der Waals surface area contributed by atoms with E-state index in [4.69, 9.17) is 5.11 Å². The molecular formula is C11H19N3O3S2. The van der Waals surface area contributed by atoms with Crippen molar-refractivity contribution in [3.8, 4) is 0 Å². The molecule has 0 radical (unpaired) electrons. The van der Waals surface area contributed by atoms with E-state index >= 15 is 0 Å². The van der Waals surface area contributed by atoms with Crippen molar-refractivity contribution < 1.29 is 13.5 Å². The van der Waals surface area contributed by atoms with E-state index in [0.29, 0.717) is 26.1 Å². The first-order valence-electron chi connectivity index (χ1n) is 6.36. The van der Waals surface area contributed by atoms with Crippen molar-refractivity contribution in [1.82, 2.24) is 14.0 Å². The van der Waals surface area contributed by atoms with Crippen molar-refractivity contribution >= 4 is 21.5 Å². The van der Waals surface area contributed by atoms with Crippen LogP contribution in [-0.2, 0) is 16.6 Å². The zero-order valence-electron chi connectivity index (χ0n) is 10.7. The summed E-state index contributed by atoms with van der Waals surface area (Å²) in [5, 5.41) is 11.8. The van der Waals surface area contributed by atoms with Gasteiger partial charge in [-0.05, 0) is 18.8 Å². The maximum absolute atomic E-state index is 12.0. The minimum atomic E-state index is -3.39. The normalized spacial score (nSPS) is 18.8. The molecule has 6 nitrogen and oxygen atoms in total. The van der Waals surface area contributed by atoms with Gasteiger partial charge in [-0.1, -0.05) is 0 Å². The predicted octanol–water partition coefficient (Wildman–Crippen LogP) is 0.224. The maximum Gasteiger partial charge on any atom is 0.279 e. The summed E-state index contributed by atoms with van der Waals surface area (Å²) < 4.78 is 28.2. The highest BCUT2D eigenvalue weighted by Crippen LogP contribution is 2.18. The van der Waals surface area contributed by atoms with Crippen LogP contribution in [0.5, 0.6) is 0 Å². The summed E-state index contributed by atoms with van der Waals surface area (Å²) in [6.45, 7) is 1.48. The van der Waals surface area contributed by atoms with E-state index in [-0.39, 0.29) is 12.5 Å². The molecule has 1 aromatic rings. The van der Waals surface area contributed by atoms with Gasteiger partial charge in [0.05, 0.1) is 5.01 Å². The van der Waals surface area contributed by atoms with Crippen molar-refractivity contribution in [3.63, 3.8) is 0 Å². The Morgan fingerprint density at radius 3 is 2.79 bits per heavy atom. The van der Waals surface area contributed by atoms with Crippen LogP contribution < -0.4 is 4.72 Å². The lowest BCUT2D eigenvalue weighted by Crippen LogP contribution is -2.45. The molecule has 0 aromatic carbocycles. The molecule has 1 aromatic heterocycles. The number of rotatable bonds is 6. The molecule has 0 bridgehead atoms. The van der Waals surface area contributed by atoms with Gasteiger partial charge >= 0.3 is 0 Å². The Morgan fingerprint density at radius 2 is 2.21 bits per heavy atom. The number of nitrogens with zero attached hydrogens (tertiary/aromatic N) is 2. The van der Waals surface area contributed by atoms with Gasteiger partial charge in [0.25, 0.3) is 10.2 Å². The minimum absolute atomic E-state index is 0.144. The molecule has 1 aliphatic rings. The third kappa shape index (κ3) is 4.22. The smallest absolute Gasteiger partial charge is 0.279 e. The molecule has 2 N–H and O–H groups in total. The van der Waals surface area contributed by atoms with Crippen molar-refractivity contribution in [1.29, 1.82) is 0 Å². The number of aliphatic hydroxyl groups is 1. The molecule has 1 fully saturated rings. The monoisotopic (exact) mass is 305 g/mol. The van der Waals surface area contributed by atoms with E-state index in [1.54, 1.807) is 6.20 Å². The summed E-state index contributed by atoms with van der Waals surface area (Å²) in [6.07, 6.45) is 3.78. The molecular weight excluding hydrogens is 286 g/mol. The van der Waals surface area contributed by atoms with Gasteiger partial charge in [-0.25, -0.2) is 9.71 Å². The highest BCUT2D eigenvalue weighted by molar-refractivity contribution is 7.87. The van der Waals surface area contributed by atoms with E-state index in [2.05, 4.69) is 9.71 Å². The van der Waals surface area contributed by atoms with Crippen molar-refractivity contribution in [2.75, 3.05) is 26.2 Å². The fourth-order valence-corrected chi connectivity index (χ4v) is 3.94. The van der Waals surface area contributed by atoms with Gasteiger partial charge in [0.1, 0.15) is 0 Å². The summed E-state index contributed by atoms with van der Waals surface area (Å²) in [6, 6.07) is 0. The van der Waals surface area contributed by atoms with E-state index in [0.717, 1.165) is 17.8 Å². The third-order valence-electron chi connectivity index (χ3n) is 3.28. The lowest BCUT2D eigenvalue weighted by Gasteiger charge is -2.30. The summed E-state index contributed by atoms with van der Waals surface area (Å²) in [5.41, 5.74) is 0. The van der Waals surface area contributed by atoms with Gasteiger partial charge in [0, 0.05) is 44.2 Å². The second-order valence-corrected chi connectivity index (χ2v) is 7.33. The topological polar surface area (TPSA) is 82.5 Å². The van der Waals surface area contributed by atoms with Gasteiger partial charge in [-0.2, -0.15) is 12.7 Å². The van der Waals surface area contributed by atoms with Crippen LogP contribution in [-0.4, -0.2) is 49.1 Å². The van der Waals surface area contributed by atoms with Crippen LogP contribution in [0.4, 0.5) is 0 Å². The summed E-state index contributed by atoms with van der Waals surface area (Å²) in [7, 11) is -3.39. The van der Waals surface area contributed by atoms with Crippen molar-refractivity contribution in [3.05, 3.63) is 16.6 Å². The predicted molar refractivity (Wildman–Crippen MR) is 74.1 cm³/mol. The summed E-state index contributed by atoms with van der Waals surface area (Å²) >= 11 is 1.53. The van der Waals surface area contributed by atoms with Crippen LogP contribution in [0, 0.1) is 5.92 Å². The van der Waals surface area contributed by atoms with Gasteiger partial charge in [-0.3, -0.25) is 0 Å². The number of thiazole rings is 1. The molecule has 8 heteroatoms. The number of hydrogen-bond donors (Lipinski definition) is 2. The first kappa shape index (κ1) is 14.9. The average molecular weight is 305 g/mol. The fourth-order valence-electron chi connectivity index (χ4n) is 2.09. The van der Waals surface area contributed by atoms with Crippen LogP contribution in [0.25, 0.3) is 0 Å². The van der Waals surface area contributed by atoms with Crippen LogP contribution in [0.3, 0.4) is 0 Å². The molecule has 0 atom stereocenters. The molecule has 1 aliphatic heterocycles. The minimum Gasteiger partial charge on any atom is -0.396 e. The van der Waals surface area contributed by atoms with Crippen molar-refractivity contribution in [2.24, 2.45) is 5.92 Å².